The van der Waals surface area contributed by atoms with E-state index in [0.717, 1.165) is 61.3 Å². The van der Waals surface area contributed by atoms with Crippen LogP contribution in [0.4, 0.5) is 9.80 Å². The monoisotopic (exact) mass is 512 g/mol. The predicted octanol–water partition coefficient (Wildman–Crippen LogP) is 5.03. The fourth-order valence-corrected chi connectivity index (χ4v) is 7.46. The molecule has 186 valence electrons. The number of aromatic nitrogens is 1. The first-order chi connectivity index (χ1) is 17.2. The molecule has 3 aromatic heterocycles. The van der Waals surface area contributed by atoms with Crippen LogP contribution in [0.1, 0.15) is 57.6 Å². The molecule has 0 fully saturated rings. The molecule has 0 bridgehead atoms. The quantitative estimate of drug-likeness (QED) is 0.184. The molecule has 4 N–H and O–H groups in total. The van der Waals surface area contributed by atoms with Crippen molar-refractivity contribution in [1.29, 1.82) is 0 Å². The maximum atomic E-state index is 13.1. The van der Waals surface area contributed by atoms with Crippen LogP contribution in [0.3, 0.4) is 0 Å². The minimum Gasteiger partial charge on any atom is -0.364 e. The number of amides is 2. The number of carbonyl (C=O) groups excluding carboxylic acids is 1. The number of hydrogen-bond acceptors (Lipinski definition) is 6. The van der Waals surface area contributed by atoms with Gasteiger partial charge in [0.2, 0.25) is 0 Å². The summed E-state index contributed by atoms with van der Waals surface area (Å²) in [5, 5.41) is 22.2. The molecular formula is C26H32N4O3S2. The van der Waals surface area contributed by atoms with Crippen LogP contribution in [0, 0.1) is 0 Å². The van der Waals surface area contributed by atoms with Crippen molar-refractivity contribution in [2.45, 2.75) is 57.9 Å². The van der Waals surface area contributed by atoms with E-state index in [-0.39, 0.29) is 6.03 Å². The second-order valence-corrected chi connectivity index (χ2v) is 11.1. The third-order valence-corrected chi connectivity index (χ3v) is 9.08. The fourth-order valence-electron chi connectivity index (χ4n) is 4.85. The van der Waals surface area contributed by atoms with Gasteiger partial charge in [-0.25, -0.2) is 4.79 Å². The molecule has 0 aromatic carbocycles. The maximum Gasteiger partial charge on any atom is 0.320 e. The normalized spacial score (nSPS) is 15.8. The largest absolute Gasteiger partial charge is 0.364 e. The second kappa shape index (κ2) is 11.1. The van der Waals surface area contributed by atoms with Gasteiger partial charge in [-0.05, 0) is 68.3 Å². The van der Waals surface area contributed by atoms with Crippen molar-refractivity contribution < 1.29 is 14.6 Å². The Bertz CT molecular complexity index is 1180. The Kier molecular flexibility index (Phi) is 7.69. The zero-order chi connectivity index (χ0) is 24.2. The summed E-state index contributed by atoms with van der Waals surface area (Å²) in [6.45, 7) is 6.36. The van der Waals surface area contributed by atoms with Crippen molar-refractivity contribution in [1.82, 2.24) is 15.2 Å². The lowest BCUT2D eigenvalue weighted by atomic mass is 9.95. The highest BCUT2D eigenvalue weighted by atomic mass is 32.1. The van der Waals surface area contributed by atoms with Gasteiger partial charge < -0.3 is 25.0 Å². The van der Waals surface area contributed by atoms with Crippen LogP contribution in [-0.4, -0.2) is 28.9 Å². The van der Waals surface area contributed by atoms with Crippen LogP contribution in [0.15, 0.2) is 37.2 Å². The second-order valence-electron chi connectivity index (χ2n) is 8.87. The van der Waals surface area contributed by atoms with E-state index >= 15 is 0 Å². The van der Waals surface area contributed by atoms with Gasteiger partial charge in [-0.15, -0.1) is 29.3 Å². The van der Waals surface area contributed by atoms with E-state index in [2.05, 4.69) is 27.1 Å². The summed E-state index contributed by atoms with van der Waals surface area (Å²) in [5.74, 6) is 0. The number of rotatable bonds is 9. The molecule has 1 atom stereocenters. The molecule has 0 saturated carbocycles. The number of carbonyl (C=O) groups is 1. The Morgan fingerprint density at radius 2 is 2.03 bits per heavy atom. The number of nitrogens with zero attached hydrogens (tertiary/aromatic N) is 1. The van der Waals surface area contributed by atoms with Crippen LogP contribution < -0.4 is 16.0 Å². The van der Waals surface area contributed by atoms with Crippen LogP contribution in [0.5, 0.6) is 0 Å². The molecule has 0 spiro atoms. The Balaban J connectivity index is 1.33. The van der Waals surface area contributed by atoms with Crippen molar-refractivity contribution in [3.8, 4) is 5.00 Å². The Labute approximate surface area is 213 Å². The van der Waals surface area contributed by atoms with Crippen LogP contribution >= 0.6 is 22.7 Å². The molecule has 2 aliphatic rings. The van der Waals surface area contributed by atoms with E-state index < -0.39 is 6.29 Å². The highest BCUT2D eigenvalue weighted by Crippen LogP contribution is 2.42. The van der Waals surface area contributed by atoms with Gasteiger partial charge in [0.1, 0.15) is 10.0 Å². The van der Waals surface area contributed by atoms with Crippen LogP contribution in [0.2, 0.25) is 0 Å². The smallest absolute Gasteiger partial charge is 0.320 e. The minimum atomic E-state index is -1.06. The Morgan fingerprint density at radius 1 is 1.20 bits per heavy atom. The van der Waals surface area contributed by atoms with Gasteiger partial charge in [-0.2, -0.15) is 0 Å². The van der Waals surface area contributed by atoms with E-state index in [4.69, 9.17) is 4.74 Å². The number of anilines is 1. The highest BCUT2D eigenvalue weighted by molar-refractivity contribution is 7.16. The predicted molar refractivity (Wildman–Crippen MR) is 142 cm³/mol. The number of ether oxygens (including phenoxy) is 1. The van der Waals surface area contributed by atoms with E-state index in [1.165, 1.54) is 20.9 Å². The van der Waals surface area contributed by atoms with Crippen molar-refractivity contribution in [3.05, 3.63) is 69.2 Å². The van der Waals surface area contributed by atoms with Crippen molar-refractivity contribution >= 4 is 33.7 Å². The molecular weight excluding hydrogens is 480 g/mol. The Morgan fingerprint density at radius 3 is 2.86 bits per heavy atom. The molecule has 35 heavy (non-hydrogen) atoms. The summed E-state index contributed by atoms with van der Waals surface area (Å²) in [7, 11) is 0. The number of urea groups is 1. The van der Waals surface area contributed by atoms with Gasteiger partial charge in [0.05, 0.1) is 6.61 Å². The highest BCUT2D eigenvalue weighted by Gasteiger charge is 2.27. The van der Waals surface area contributed by atoms with E-state index in [0.29, 0.717) is 24.6 Å². The third kappa shape index (κ3) is 5.24. The number of thiophene rings is 2. The number of nitrogens with one attached hydrogen (secondary N) is 3. The summed E-state index contributed by atoms with van der Waals surface area (Å²) < 4.78 is 7.79. The zero-order valence-corrected chi connectivity index (χ0v) is 21.4. The van der Waals surface area contributed by atoms with Gasteiger partial charge in [-0.3, -0.25) is 5.32 Å². The summed E-state index contributed by atoms with van der Waals surface area (Å²) in [6, 6.07) is 3.77. The Hall–Kier alpha value is -2.43. The number of aliphatic hydroxyl groups is 1. The fraction of sp³-hybridized carbons (Fsp3) is 0.423. The molecule has 1 aliphatic heterocycles. The summed E-state index contributed by atoms with van der Waals surface area (Å²) in [5.41, 5.74) is 4.38. The third-order valence-electron chi connectivity index (χ3n) is 6.56. The lowest BCUT2D eigenvalue weighted by Crippen LogP contribution is -2.30. The lowest BCUT2D eigenvalue weighted by Gasteiger charge is -2.18. The average Bonchev–Trinajstić information content (AvgIpc) is 3.59. The molecule has 5 rings (SSSR count). The number of aliphatic hydroxyl groups excluding tert-OH is 1. The molecule has 0 saturated heterocycles. The van der Waals surface area contributed by atoms with Gasteiger partial charge in [0.25, 0.3) is 0 Å². The molecule has 9 heteroatoms. The van der Waals surface area contributed by atoms with Crippen LogP contribution in [-0.2, 0) is 37.1 Å². The number of fused-ring (bicyclic) bond motifs is 2. The molecule has 4 heterocycles. The summed E-state index contributed by atoms with van der Waals surface area (Å²) in [6.07, 6.45) is 10.5. The first kappa shape index (κ1) is 24.3. The van der Waals surface area contributed by atoms with E-state index in [1.54, 1.807) is 28.7 Å². The summed E-state index contributed by atoms with van der Waals surface area (Å²) in [4.78, 5) is 15.6. The number of aryl methyl sites for hydroxylation is 1. The van der Waals surface area contributed by atoms with Crippen molar-refractivity contribution in [3.63, 3.8) is 0 Å². The molecule has 3 aromatic rings. The molecule has 7 nitrogen and oxygen atoms in total. The first-order valence-electron chi connectivity index (χ1n) is 12.2. The van der Waals surface area contributed by atoms with E-state index in [9.17, 15) is 9.90 Å². The average molecular weight is 513 g/mol. The lowest BCUT2D eigenvalue weighted by molar-refractivity contribution is -0.101. The zero-order valence-electron chi connectivity index (χ0n) is 19.8. The van der Waals surface area contributed by atoms with E-state index in [1.807, 2.05) is 24.5 Å². The van der Waals surface area contributed by atoms with Gasteiger partial charge in [-0.1, -0.05) is 6.08 Å². The van der Waals surface area contributed by atoms with Crippen molar-refractivity contribution in [2.75, 3.05) is 18.5 Å². The van der Waals surface area contributed by atoms with Gasteiger partial charge in [0, 0.05) is 46.4 Å². The molecule has 0 radical (unpaired) electrons. The standard InChI is InChI=1S/C26H32N4O3S2/c1-2-3-14-33-25(31)22-18-8-4-5-9-20(18)34-23(22)29-26(32)28-15-19-17-10-11-27-16-21(17)35-24(19)30-12-6-7-13-30/h2,6-7,12-13,25,27,31H,1,3-5,8-11,14-16H2,(H2,28,29,32). The van der Waals surface area contributed by atoms with Gasteiger partial charge in [0.15, 0.2) is 6.29 Å². The first-order valence-corrected chi connectivity index (χ1v) is 13.9. The SMILES string of the molecule is C=CCCOC(O)c1c(NC(=O)NCc2c(-n3cccc3)sc3c2CCNC3)sc2c1CCCC2. The molecule has 1 unspecified atom stereocenters. The van der Waals surface area contributed by atoms with Crippen molar-refractivity contribution in [2.24, 2.45) is 0 Å². The molecule has 1 aliphatic carbocycles. The number of hydrogen-bond donors (Lipinski definition) is 4. The van der Waals surface area contributed by atoms with Gasteiger partial charge >= 0.3 is 6.03 Å². The maximum absolute atomic E-state index is 13.1. The topological polar surface area (TPSA) is 87.6 Å². The van der Waals surface area contributed by atoms with Crippen LogP contribution in [0.25, 0.3) is 5.00 Å². The minimum absolute atomic E-state index is 0.268. The summed E-state index contributed by atoms with van der Waals surface area (Å²) >= 11 is 3.35. The molecule has 2 amide bonds.